The average molecular weight is 334 g/mol. The highest BCUT2D eigenvalue weighted by Crippen LogP contribution is 2.19. The Morgan fingerprint density at radius 1 is 1.00 bits per heavy atom. The summed E-state index contributed by atoms with van der Waals surface area (Å²) in [6.07, 6.45) is 0. The smallest absolute Gasteiger partial charge is 0.140 e. The van der Waals surface area contributed by atoms with Gasteiger partial charge < -0.3 is 5.32 Å². The second-order valence-electron chi connectivity index (χ2n) is 3.62. The molecule has 0 saturated heterocycles. The summed E-state index contributed by atoms with van der Waals surface area (Å²) >= 11 is 2.26. The maximum atomic E-state index is 9.18. The summed E-state index contributed by atoms with van der Waals surface area (Å²) in [5.74, 6) is 0. The Morgan fingerprint density at radius 3 is 2.24 bits per heavy atom. The van der Waals surface area contributed by atoms with E-state index >= 15 is 0 Å². The van der Waals surface area contributed by atoms with E-state index in [2.05, 4.69) is 34.0 Å². The minimum absolute atomic E-state index is 0.309. The zero-order valence-corrected chi connectivity index (χ0v) is 11.3. The maximum Gasteiger partial charge on any atom is 0.140 e. The Hall–Kier alpha value is -1.54. The van der Waals surface area contributed by atoms with E-state index in [4.69, 9.17) is 0 Å². The first-order valence-corrected chi connectivity index (χ1v) is 6.34. The lowest BCUT2D eigenvalue weighted by Crippen LogP contribution is -2.08. The van der Waals surface area contributed by atoms with Crippen LogP contribution in [0.25, 0.3) is 0 Å². The molecule has 3 heteroatoms. The Kier molecular flexibility index (Phi) is 3.99. The van der Waals surface area contributed by atoms with Crippen LogP contribution in [-0.2, 0) is 0 Å². The fourth-order valence-electron chi connectivity index (χ4n) is 1.55. The molecule has 1 N–H and O–H groups in total. The van der Waals surface area contributed by atoms with Gasteiger partial charge in [-0.05, 0) is 52.4 Å². The van der Waals surface area contributed by atoms with E-state index in [1.54, 1.807) is 0 Å². The van der Waals surface area contributed by atoms with Crippen LogP contribution in [0.3, 0.4) is 0 Å². The van der Waals surface area contributed by atoms with E-state index in [0.29, 0.717) is 0 Å². The minimum Gasteiger partial charge on any atom is -0.366 e. The van der Waals surface area contributed by atoms with E-state index in [9.17, 15) is 5.26 Å². The van der Waals surface area contributed by atoms with E-state index in [1.807, 2.05) is 54.6 Å². The van der Waals surface area contributed by atoms with Crippen LogP contribution in [0.5, 0.6) is 0 Å². The fourth-order valence-corrected chi connectivity index (χ4v) is 1.91. The third-order valence-electron chi connectivity index (χ3n) is 2.42. The van der Waals surface area contributed by atoms with Crippen molar-refractivity contribution in [3.63, 3.8) is 0 Å². The predicted molar refractivity (Wildman–Crippen MR) is 77.6 cm³/mol. The third-order valence-corrected chi connectivity index (χ3v) is 3.14. The number of rotatable bonds is 3. The first-order valence-electron chi connectivity index (χ1n) is 5.26. The van der Waals surface area contributed by atoms with E-state index in [-0.39, 0.29) is 6.04 Å². The quantitative estimate of drug-likeness (QED) is 0.863. The van der Waals surface area contributed by atoms with Crippen molar-refractivity contribution < 1.29 is 0 Å². The van der Waals surface area contributed by atoms with Gasteiger partial charge in [-0.1, -0.05) is 30.3 Å². The molecule has 0 unspecified atom stereocenters. The van der Waals surface area contributed by atoms with Crippen LogP contribution in [0.2, 0.25) is 0 Å². The fraction of sp³-hybridized carbons (Fsp3) is 0.0714. The molecule has 0 aromatic heterocycles. The zero-order chi connectivity index (χ0) is 12.1. The number of halogens is 1. The molecule has 17 heavy (non-hydrogen) atoms. The van der Waals surface area contributed by atoms with Crippen LogP contribution in [0, 0.1) is 14.9 Å². The number of hydrogen-bond acceptors (Lipinski definition) is 2. The summed E-state index contributed by atoms with van der Waals surface area (Å²) in [5, 5.41) is 12.4. The van der Waals surface area contributed by atoms with Crippen molar-refractivity contribution in [2.45, 2.75) is 6.04 Å². The largest absolute Gasteiger partial charge is 0.366 e. The van der Waals surface area contributed by atoms with Gasteiger partial charge in [-0.25, -0.2) is 0 Å². The standard InChI is InChI=1S/C14H11IN2/c15-12-6-8-13(9-7-12)17-14(10-16)11-4-2-1-3-5-11/h1-9,14,17H/t14-/m1/s1. The van der Waals surface area contributed by atoms with Crippen molar-refractivity contribution in [3.05, 3.63) is 63.7 Å². The van der Waals surface area contributed by atoms with Crippen LogP contribution in [-0.4, -0.2) is 0 Å². The Balaban J connectivity index is 2.17. The molecular weight excluding hydrogens is 323 g/mol. The van der Waals surface area contributed by atoms with Crippen molar-refractivity contribution in [1.29, 1.82) is 5.26 Å². The van der Waals surface area contributed by atoms with Gasteiger partial charge in [0.2, 0.25) is 0 Å². The van der Waals surface area contributed by atoms with Gasteiger partial charge in [0.1, 0.15) is 6.04 Å². The summed E-state index contributed by atoms with van der Waals surface area (Å²) < 4.78 is 1.18. The van der Waals surface area contributed by atoms with Crippen molar-refractivity contribution in [2.75, 3.05) is 5.32 Å². The van der Waals surface area contributed by atoms with Gasteiger partial charge in [-0.15, -0.1) is 0 Å². The number of nitrogens with zero attached hydrogens (tertiary/aromatic N) is 1. The van der Waals surface area contributed by atoms with Crippen LogP contribution < -0.4 is 5.32 Å². The minimum atomic E-state index is -0.309. The number of hydrogen-bond donors (Lipinski definition) is 1. The molecule has 1 atom stereocenters. The van der Waals surface area contributed by atoms with Gasteiger partial charge in [-0.2, -0.15) is 5.26 Å². The molecule has 0 saturated carbocycles. The lowest BCUT2D eigenvalue weighted by Gasteiger charge is -2.13. The SMILES string of the molecule is N#C[C@@H](Nc1ccc(I)cc1)c1ccccc1. The van der Waals surface area contributed by atoms with E-state index < -0.39 is 0 Å². The highest BCUT2D eigenvalue weighted by molar-refractivity contribution is 14.1. The summed E-state index contributed by atoms with van der Waals surface area (Å²) in [5.41, 5.74) is 1.94. The molecule has 84 valence electrons. The average Bonchev–Trinajstić information content (AvgIpc) is 2.39. The molecule has 0 heterocycles. The Morgan fingerprint density at radius 2 is 1.65 bits per heavy atom. The van der Waals surface area contributed by atoms with Gasteiger partial charge in [0.25, 0.3) is 0 Å². The van der Waals surface area contributed by atoms with Gasteiger partial charge in [0.15, 0.2) is 0 Å². The van der Waals surface area contributed by atoms with Gasteiger partial charge in [-0.3, -0.25) is 0 Å². The topological polar surface area (TPSA) is 35.8 Å². The van der Waals surface area contributed by atoms with Gasteiger partial charge in [0, 0.05) is 9.26 Å². The highest BCUT2D eigenvalue weighted by Gasteiger charge is 2.08. The van der Waals surface area contributed by atoms with E-state index in [1.165, 1.54) is 3.57 Å². The second-order valence-corrected chi connectivity index (χ2v) is 4.87. The number of benzene rings is 2. The van der Waals surface area contributed by atoms with Crippen LogP contribution in [0.4, 0.5) is 5.69 Å². The zero-order valence-electron chi connectivity index (χ0n) is 9.10. The number of anilines is 1. The predicted octanol–water partition coefficient (Wildman–Crippen LogP) is 3.97. The molecule has 0 spiro atoms. The summed E-state index contributed by atoms with van der Waals surface area (Å²) in [6.45, 7) is 0. The Bertz CT molecular complexity index is 514. The summed E-state index contributed by atoms with van der Waals surface area (Å²) in [4.78, 5) is 0. The Labute approximate surface area is 114 Å². The molecule has 2 aromatic rings. The lowest BCUT2D eigenvalue weighted by molar-refractivity contribution is 0.998. The van der Waals surface area contributed by atoms with Crippen LogP contribution in [0.1, 0.15) is 11.6 Å². The lowest BCUT2D eigenvalue weighted by atomic mass is 10.1. The molecule has 2 aromatic carbocycles. The van der Waals surface area contributed by atoms with Crippen LogP contribution in [0.15, 0.2) is 54.6 Å². The molecule has 0 aliphatic rings. The van der Waals surface area contributed by atoms with Crippen LogP contribution >= 0.6 is 22.6 Å². The van der Waals surface area contributed by atoms with Gasteiger partial charge >= 0.3 is 0 Å². The summed E-state index contributed by atoms with van der Waals surface area (Å²) in [7, 11) is 0. The van der Waals surface area contributed by atoms with Crippen molar-refractivity contribution in [1.82, 2.24) is 0 Å². The van der Waals surface area contributed by atoms with Gasteiger partial charge in [0.05, 0.1) is 6.07 Å². The first-order chi connectivity index (χ1) is 8.29. The number of nitriles is 1. The molecular formula is C14H11IN2. The second kappa shape index (κ2) is 5.69. The van der Waals surface area contributed by atoms with Crippen molar-refractivity contribution in [3.8, 4) is 6.07 Å². The molecule has 0 radical (unpaired) electrons. The normalized spacial score (nSPS) is 11.5. The van der Waals surface area contributed by atoms with E-state index in [0.717, 1.165) is 11.3 Å². The maximum absolute atomic E-state index is 9.18. The monoisotopic (exact) mass is 334 g/mol. The molecule has 2 nitrogen and oxygen atoms in total. The molecule has 0 fully saturated rings. The summed E-state index contributed by atoms with van der Waals surface area (Å²) in [6, 6.07) is 19.7. The first kappa shape index (κ1) is 11.9. The molecule has 0 bridgehead atoms. The molecule has 0 aliphatic heterocycles. The van der Waals surface area contributed by atoms with Crippen molar-refractivity contribution in [2.24, 2.45) is 0 Å². The molecule has 0 aliphatic carbocycles. The number of nitrogens with one attached hydrogen (secondary N) is 1. The van der Waals surface area contributed by atoms with Crippen molar-refractivity contribution >= 4 is 28.3 Å². The molecule has 2 rings (SSSR count). The highest BCUT2D eigenvalue weighted by atomic mass is 127. The third kappa shape index (κ3) is 3.21. The molecule has 0 amide bonds.